The third-order valence-electron chi connectivity index (χ3n) is 4.48. The number of aromatic nitrogens is 2. The van der Waals surface area contributed by atoms with E-state index in [2.05, 4.69) is 10.4 Å². The average Bonchev–Trinajstić information content (AvgIpc) is 3.24. The Kier molecular flexibility index (Phi) is 5.33. The normalized spacial score (nSPS) is 19.8. The molecule has 1 aromatic carbocycles. The SMILES string of the molecule is CCn1cc(O[C@@H]2CCC[C@@H]2NC(=O)c2ccc(CO)c(F)c2)cn1. The molecule has 0 aliphatic heterocycles. The fourth-order valence-corrected chi connectivity index (χ4v) is 3.05. The molecule has 134 valence electrons. The predicted molar refractivity (Wildman–Crippen MR) is 89.7 cm³/mol. The maximum absolute atomic E-state index is 13.8. The van der Waals surface area contributed by atoms with Crippen molar-refractivity contribution in [2.24, 2.45) is 0 Å². The first kappa shape index (κ1) is 17.4. The molecule has 1 heterocycles. The second-order valence-corrected chi connectivity index (χ2v) is 6.16. The molecule has 2 N–H and O–H groups in total. The van der Waals surface area contributed by atoms with Crippen LogP contribution in [0.5, 0.6) is 5.75 Å². The van der Waals surface area contributed by atoms with Crippen molar-refractivity contribution in [3.8, 4) is 5.75 Å². The van der Waals surface area contributed by atoms with Gasteiger partial charge in [-0.1, -0.05) is 6.07 Å². The van der Waals surface area contributed by atoms with Gasteiger partial charge in [0.25, 0.3) is 5.91 Å². The molecule has 2 atom stereocenters. The van der Waals surface area contributed by atoms with Gasteiger partial charge in [-0.3, -0.25) is 9.48 Å². The number of carbonyl (C=O) groups is 1. The second kappa shape index (κ2) is 7.65. The lowest BCUT2D eigenvalue weighted by Crippen LogP contribution is -2.42. The molecule has 1 fully saturated rings. The van der Waals surface area contributed by atoms with Crippen LogP contribution in [-0.4, -0.2) is 32.9 Å². The summed E-state index contributed by atoms with van der Waals surface area (Å²) in [5, 5.41) is 16.1. The number of hydrogen-bond acceptors (Lipinski definition) is 4. The summed E-state index contributed by atoms with van der Waals surface area (Å²) in [6.07, 6.45) is 5.99. The van der Waals surface area contributed by atoms with Crippen molar-refractivity contribution in [1.82, 2.24) is 15.1 Å². The Morgan fingerprint density at radius 3 is 3.00 bits per heavy atom. The smallest absolute Gasteiger partial charge is 0.251 e. The molecule has 1 aliphatic carbocycles. The van der Waals surface area contributed by atoms with E-state index in [0.29, 0.717) is 5.75 Å². The van der Waals surface area contributed by atoms with Crippen molar-refractivity contribution >= 4 is 5.91 Å². The molecule has 1 aromatic heterocycles. The minimum atomic E-state index is -0.582. The molecule has 0 unspecified atom stereocenters. The Balaban J connectivity index is 1.64. The minimum absolute atomic E-state index is 0.125. The van der Waals surface area contributed by atoms with E-state index >= 15 is 0 Å². The summed E-state index contributed by atoms with van der Waals surface area (Å²) in [7, 11) is 0. The molecule has 1 aliphatic rings. The van der Waals surface area contributed by atoms with Crippen molar-refractivity contribution < 1.29 is 19.0 Å². The fourth-order valence-electron chi connectivity index (χ4n) is 3.05. The summed E-state index contributed by atoms with van der Waals surface area (Å²) in [5.74, 6) is -0.235. The van der Waals surface area contributed by atoms with Crippen molar-refractivity contribution in [3.05, 3.63) is 47.5 Å². The Hall–Kier alpha value is -2.41. The van der Waals surface area contributed by atoms with Gasteiger partial charge in [0.2, 0.25) is 0 Å². The van der Waals surface area contributed by atoms with Gasteiger partial charge in [0.05, 0.1) is 25.0 Å². The number of nitrogens with one attached hydrogen (secondary N) is 1. The molecule has 0 spiro atoms. The maximum Gasteiger partial charge on any atom is 0.251 e. The van der Waals surface area contributed by atoms with E-state index in [-0.39, 0.29) is 29.2 Å². The summed E-state index contributed by atoms with van der Waals surface area (Å²) in [6.45, 7) is 2.37. The number of halogens is 1. The van der Waals surface area contributed by atoms with Crippen molar-refractivity contribution in [1.29, 1.82) is 0 Å². The number of carbonyl (C=O) groups excluding carboxylic acids is 1. The van der Waals surface area contributed by atoms with Crippen LogP contribution in [0.2, 0.25) is 0 Å². The van der Waals surface area contributed by atoms with Crippen LogP contribution in [-0.2, 0) is 13.2 Å². The number of ether oxygens (including phenoxy) is 1. The van der Waals surface area contributed by atoms with E-state index in [4.69, 9.17) is 9.84 Å². The topological polar surface area (TPSA) is 76.4 Å². The van der Waals surface area contributed by atoms with Crippen LogP contribution in [0.3, 0.4) is 0 Å². The minimum Gasteiger partial charge on any atom is -0.485 e. The number of hydrogen-bond donors (Lipinski definition) is 2. The number of rotatable bonds is 6. The molecule has 1 amide bonds. The molecule has 3 rings (SSSR count). The summed E-state index contributed by atoms with van der Waals surface area (Å²) in [4.78, 5) is 12.4. The Labute approximate surface area is 145 Å². The number of benzene rings is 1. The number of aliphatic hydroxyl groups excluding tert-OH is 1. The lowest BCUT2D eigenvalue weighted by molar-refractivity contribution is 0.0893. The fraction of sp³-hybridized carbons (Fsp3) is 0.444. The van der Waals surface area contributed by atoms with Gasteiger partial charge < -0.3 is 15.2 Å². The number of amides is 1. The molecule has 2 aromatic rings. The standard InChI is InChI=1S/C18H22FN3O3/c1-2-22-10-14(9-20-22)25-17-5-3-4-16(17)21-18(24)12-6-7-13(11-23)15(19)8-12/h6-10,16-17,23H,2-5,11H2,1H3,(H,21,24)/t16-,17+/m0/s1. The third-order valence-corrected chi connectivity index (χ3v) is 4.48. The lowest BCUT2D eigenvalue weighted by atomic mass is 10.1. The molecular formula is C18H22FN3O3. The summed E-state index contributed by atoms with van der Waals surface area (Å²) < 4.78 is 21.5. The van der Waals surface area contributed by atoms with E-state index in [1.165, 1.54) is 12.1 Å². The first-order valence-electron chi connectivity index (χ1n) is 8.50. The maximum atomic E-state index is 13.8. The number of aryl methyl sites for hydroxylation is 1. The molecule has 25 heavy (non-hydrogen) atoms. The van der Waals surface area contributed by atoms with Gasteiger partial charge in [0, 0.05) is 17.7 Å². The summed E-state index contributed by atoms with van der Waals surface area (Å²) in [6, 6.07) is 3.96. The van der Waals surface area contributed by atoms with Crippen LogP contribution in [0.25, 0.3) is 0 Å². The largest absolute Gasteiger partial charge is 0.485 e. The zero-order valence-corrected chi connectivity index (χ0v) is 14.1. The molecule has 7 heteroatoms. The third kappa shape index (κ3) is 3.99. The monoisotopic (exact) mass is 347 g/mol. The van der Waals surface area contributed by atoms with Crippen LogP contribution in [0, 0.1) is 5.82 Å². The van der Waals surface area contributed by atoms with Crippen LogP contribution in [0.4, 0.5) is 4.39 Å². The summed E-state index contributed by atoms with van der Waals surface area (Å²) >= 11 is 0. The zero-order chi connectivity index (χ0) is 17.8. The van der Waals surface area contributed by atoms with Crippen molar-refractivity contribution in [3.63, 3.8) is 0 Å². The molecule has 1 saturated carbocycles. The Morgan fingerprint density at radius 1 is 1.48 bits per heavy atom. The van der Waals surface area contributed by atoms with Crippen molar-refractivity contribution in [2.45, 2.75) is 51.5 Å². The highest BCUT2D eigenvalue weighted by Gasteiger charge is 2.31. The van der Waals surface area contributed by atoms with E-state index in [1.807, 2.05) is 13.1 Å². The molecule has 0 bridgehead atoms. The van der Waals surface area contributed by atoms with Crippen LogP contribution < -0.4 is 10.1 Å². The number of nitrogens with zero attached hydrogens (tertiary/aromatic N) is 2. The highest BCUT2D eigenvalue weighted by atomic mass is 19.1. The summed E-state index contributed by atoms with van der Waals surface area (Å²) in [5.41, 5.74) is 0.408. The van der Waals surface area contributed by atoms with Gasteiger partial charge in [-0.15, -0.1) is 0 Å². The van der Waals surface area contributed by atoms with Crippen LogP contribution in [0.1, 0.15) is 42.1 Å². The van der Waals surface area contributed by atoms with Gasteiger partial charge >= 0.3 is 0 Å². The van der Waals surface area contributed by atoms with Gasteiger partial charge in [0.1, 0.15) is 11.9 Å². The molecular weight excluding hydrogens is 325 g/mol. The van der Waals surface area contributed by atoms with Crippen molar-refractivity contribution in [2.75, 3.05) is 0 Å². The van der Waals surface area contributed by atoms with E-state index < -0.39 is 12.4 Å². The first-order valence-corrected chi connectivity index (χ1v) is 8.50. The predicted octanol–water partition coefficient (Wildman–Crippen LogP) is 2.26. The molecule has 0 radical (unpaired) electrons. The van der Waals surface area contributed by atoms with Gasteiger partial charge in [-0.2, -0.15) is 5.10 Å². The van der Waals surface area contributed by atoms with Crippen LogP contribution in [0.15, 0.2) is 30.6 Å². The Bertz CT molecular complexity index is 747. The average molecular weight is 347 g/mol. The first-order chi connectivity index (χ1) is 12.1. The second-order valence-electron chi connectivity index (χ2n) is 6.16. The molecule has 6 nitrogen and oxygen atoms in total. The molecule has 0 saturated heterocycles. The van der Waals surface area contributed by atoms with E-state index in [9.17, 15) is 9.18 Å². The van der Waals surface area contributed by atoms with Gasteiger partial charge in [-0.05, 0) is 38.3 Å². The highest BCUT2D eigenvalue weighted by Crippen LogP contribution is 2.25. The zero-order valence-electron chi connectivity index (χ0n) is 14.1. The highest BCUT2D eigenvalue weighted by molar-refractivity contribution is 5.94. The Morgan fingerprint density at radius 2 is 2.32 bits per heavy atom. The van der Waals surface area contributed by atoms with E-state index in [0.717, 1.165) is 31.9 Å². The lowest BCUT2D eigenvalue weighted by Gasteiger charge is -2.21. The van der Waals surface area contributed by atoms with Gasteiger partial charge in [-0.25, -0.2) is 4.39 Å². The van der Waals surface area contributed by atoms with Crippen LogP contribution >= 0.6 is 0 Å². The van der Waals surface area contributed by atoms with E-state index in [1.54, 1.807) is 10.9 Å². The van der Waals surface area contributed by atoms with Gasteiger partial charge in [0.15, 0.2) is 5.75 Å². The number of aliphatic hydroxyl groups is 1. The quantitative estimate of drug-likeness (QED) is 0.840.